The lowest BCUT2D eigenvalue weighted by Crippen LogP contribution is -2.15. The molecule has 1 heteroatoms. The number of fused-ring (bicyclic) bond motifs is 5. The molecule has 0 saturated heterocycles. The van der Waals surface area contributed by atoms with Crippen LogP contribution in [0.4, 0.5) is 0 Å². The third kappa shape index (κ3) is 3.50. The van der Waals surface area contributed by atoms with Crippen LogP contribution in [0.25, 0.3) is 55.5 Å². The summed E-state index contributed by atoms with van der Waals surface area (Å²) in [4.78, 5) is 5.07. The molecule has 0 aliphatic heterocycles. The topological polar surface area (TPSA) is 12.9 Å². The van der Waals surface area contributed by atoms with E-state index in [0.29, 0.717) is 0 Å². The van der Waals surface area contributed by atoms with Crippen molar-refractivity contribution in [1.82, 2.24) is 4.98 Å². The van der Waals surface area contributed by atoms with Crippen LogP contribution >= 0.6 is 0 Å². The molecule has 0 spiro atoms. The van der Waals surface area contributed by atoms with Crippen LogP contribution in [-0.2, 0) is 5.41 Å². The van der Waals surface area contributed by atoms with Crippen LogP contribution in [0, 0.1) is 0 Å². The van der Waals surface area contributed by atoms with Crippen LogP contribution in [0.5, 0.6) is 0 Å². The summed E-state index contributed by atoms with van der Waals surface area (Å²) in [7, 11) is 0. The Morgan fingerprint density at radius 2 is 1.11 bits per heavy atom. The fraction of sp³-hybridized carbons (Fsp3) is 0.0833. The maximum absolute atomic E-state index is 5.07. The number of hydrogen-bond acceptors (Lipinski definition) is 1. The minimum Gasteiger partial charge on any atom is -0.248 e. The number of pyridine rings is 1. The molecule has 1 nitrogen and oxygen atoms in total. The highest BCUT2D eigenvalue weighted by Gasteiger charge is 2.36. The van der Waals surface area contributed by atoms with Gasteiger partial charge in [0.25, 0.3) is 0 Å². The predicted molar refractivity (Wildman–Crippen MR) is 156 cm³/mol. The first-order valence-electron chi connectivity index (χ1n) is 12.9. The second-order valence-electron chi connectivity index (χ2n) is 10.5. The minimum atomic E-state index is -0.0672. The standard InChI is InChI=1S/C36H27N/c1-36(2)31-20-18-24-11-9-10-16-29(24)35(31)30-19-17-27(21-32(30)36)28-22-33(25-12-5-3-6-13-25)37-34(23-28)26-14-7-4-8-15-26/h3-23H,1-2H3. The molecule has 0 bridgehead atoms. The zero-order chi connectivity index (χ0) is 25.0. The predicted octanol–water partition coefficient (Wildman–Crippen LogP) is 9.54. The lowest BCUT2D eigenvalue weighted by molar-refractivity contribution is 0.661. The number of benzene rings is 5. The maximum atomic E-state index is 5.07. The van der Waals surface area contributed by atoms with Crippen molar-refractivity contribution >= 4 is 10.8 Å². The van der Waals surface area contributed by atoms with E-state index in [1.165, 1.54) is 44.2 Å². The first-order valence-corrected chi connectivity index (χ1v) is 12.9. The quantitative estimate of drug-likeness (QED) is 0.249. The van der Waals surface area contributed by atoms with Crippen LogP contribution in [-0.4, -0.2) is 4.98 Å². The molecule has 0 amide bonds. The molecular formula is C36H27N. The molecule has 0 atom stereocenters. The van der Waals surface area contributed by atoms with Crippen molar-refractivity contribution < 1.29 is 0 Å². The van der Waals surface area contributed by atoms with Crippen LogP contribution in [0.15, 0.2) is 127 Å². The van der Waals surface area contributed by atoms with Crippen molar-refractivity contribution in [2.75, 3.05) is 0 Å². The lowest BCUT2D eigenvalue weighted by Gasteiger charge is -2.22. The smallest absolute Gasteiger partial charge is 0.0715 e. The summed E-state index contributed by atoms with van der Waals surface area (Å²) in [5, 5.41) is 2.63. The first-order chi connectivity index (χ1) is 18.1. The lowest BCUT2D eigenvalue weighted by atomic mass is 9.81. The summed E-state index contributed by atoms with van der Waals surface area (Å²) >= 11 is 0. The Labute approximate surface area is 218 Å². The van der Waals surface area contributed by atoms with Crippen molar-refractivity contribution in [1.29, 1.82) is 0 Å². The van der Waals surface area contributed by atoms with Gasteiger partial charge in [0, 0.05) is 16.5 Å². The highest BCUT2D eigenvalue weighted by Crippen LogP contribution is 2.52. The SMILES string of the molecule is CC1(C)c2cc(-c3cc(-c4ccccc4)nc(-c4ccccc4)c3)ccc2-c2c1ccc1ccccc21. The summed E-state index contributed by atoms with van der Waals surface area (Å²) < 4.78 is 0. The van der Waals surface area contributed by atoms with Crippen LogP contribution in [0.3, 0.4) is 0 Å². The molecule has 5 aromatic carbocycles. The normalized spacial score (nSPS) is 13.4. The molecule has 7 rings (SSSR count). The molecule has 0 saturated carbocycles. The second kappa shape index (κ2) is 8.28. The molecule has 1 heterocycles. The van der Waals surface area contributed by atoms with Gasteiger partial charge in [-0.2, -0.15) is 0 Å². The molecule has 176 valence electrons. The molecular weight excluding hydrogens is 446 g/mol. The molecule has 1 aliphatic rings. The van der Waals surface area contributed by atoms with Gasteiger partial charge >= 0.3 is 0 Å². The Kier molecular flexibility index (Phi) is 4.87. The van der Waals surface area contributed by atoms with Gasteiger partial charge in [-0.15, -0.1) is 0 Å². The third-order valence-corrected chi connectivity index (χ3v) is 7.86. The van der Waals surface area contributed by atoms with Crippen molar-refractivity contribution in [3.63, 3.8) is 0 Å². The van der Waals surface area contributed by atoms with Gasteiger partial charge in [-0.3, -0.25) is 0 Å². The largest absolute Gasteiger partial charge is 0.248 e. The second-order valence-corrected chi connectivity index (χ2v) is 10.5. The molecule has 0 fully saturated rings. The Balaban J connectivity index is 1.43. The maximum Gasteiger partial charge on any atom is 0.0715 e. The van der Waals surface area contributed by atoms with Gasteiger partial charge < -0.3 is 0 Å². The fourth-order valence-corrected chi connectivity index (χ4v) is 5.90. The van der Waals surface area contributed by atoms with E-state index in [-0.39, 0.29) is 5.41 Å². The molecule has 37 heavy (non-hydrogen) atoms. The van der Waals surface area contributed by atoms with E-state index in [1.807, 2.05) is 0 Å². The van der Waals surface area contributed by atoms with E-state index in [0.717, 1.165) is 22.5 Å². The summed E-state index contributed by atoms with van der Waals surface area (Å²) in [6.07, 6.45) is 0. The molecule has 0 N–H and O–H groups in total. The first kappa shape index (κ1) is 21.8. The van der Waals surface area contributed by atoms with E-state index in [4.69, 9.17) is 4.98 Å². The fourth-order valence-electron chi connectivity index (χ4n) is 5.90. The molecule has 0 radical (unpaired) electrons. The highest BCUT2D eigenvalue weighted by molar-refractivity contribution is 6.02. The molecule has 1 aromatic heterocycles. The Hall–Kier alpha value is -4.49. The van der Waals surface area contributed by atoms with Gasteiger partial charge in [-0.05, 0) is 62.4 Å². The molecule has 6 aromatic rings. The van der Waals surface area contributed by atoms with Gasteiger partial charge in [0.1, 0.15) is 0 Å². The minimum absolute atomic E-state index is 0.0672. The number of nitrogens with zero attached hydrogens (tertiary/aromatic N) is 1. The summed E-state index contributed by atoms with van der Waals surface area (Å²) in [6, 6.07) is 45.7. The third-order valence-electron chi connectivity index (χ3n) is 7.86. The zero-order valence-corrected chi connectivity index (χ0v) is 21.1. The van der Waals surface area contributed by atoms with Gasteiger partial charge in [0.2, 0.25) is 0 Å². The van der Waals surface area contributed by atoms with Crippen LogP contribution in [0.1, 0.15) is 25.0 Å². The average Bonchev–Trinajstić information content (AvgIpc) is 3.20. The van der Waals surface area contributed by atoms with Crippen LogP contribution < -0.4 is 0 Å². The number of aromatic nitrogens is 1. The van der Waals surface area contributed by atoms with Gasteiger partial charge in [-0.25, -0.2) is 4.98 Å². The highest BCUT2D eigenvalue weighted by atomic mass is 14.7. The molecule has 1 aliphatic carbocycles. The van der Waals surface area contributed by atoms with Gasteiger partial charge in [0.05, 0.1) is 11.4 Å². The Morgan fingerprint density at radius 1 is 0.486 bits per heavy atom. The Morgan fingerprint density at radius 3 is 1.78 bits per heavy atom. The van der Waals surface area contributed by atoms with Crippen LogP contribution in [0.2, 0.25) is 0 Å². The van der Waals surface area contributed by atoms with E-state index in [9.17, 15) is 0 Å². The van der Waals surface area contributed by atoms with E-state index in [1.54, 1.807) is 0 Å². The summed E-state index contributed by atoms with van der Waals surface area (Å²) in [5.74, 6) is 0. The monoisotopic (exact) mass is 473 g/mol. The summed E-state index contributed by atoms with van der Waals surface area (Å²) in [5.41, 5.74) is 12.1. The average molecular weight is 474 g/mol. The van der Waals surface area contributed by atoms with Crippen molar-refractivity contribution in [2.45, 2.75) is 19.3 Å². The Bertz CT molecular complexity index is 1720. The van der Waals surface area contributed by atoms with Gasteiger partial charge in [-0.1, -0.05) is 123 Å². The van der Waals surface area contributed by atoms with E-state index < -0.39 is 0 Å². The van der Waals surface area contributed by atoms with Gasteiger partial charge in [0.15, 0.2) is 0 Å². The summed E-state index contributed by atoms with van der Waals surface area (Å²) in [6.45, 7) is 4.71. The van der Waals surface area contributed by atoms with E-state index >= 15 is 0 Å². The molecule has 0 unspecified atom stereocenters. The number of rotatable bonds is 3. The van der Waals surface area contributed by atoms with E-state index in [2.05, 4.69) is 141 Å². The van der Waals surface area contributed by atoms with Crippen molar-refractivity contribution in [3.05, 3.63) is 139 Å². The van der Waals surface area contributed by atoms with Crippen molar-refractivity contribution in [2.24, 2.45) is 0 Å². The van der Waals surface area contributed by atoms with Crippen molar-refractivity contribution in [3.8, 4) is 44.8 Å². The zero-order valence-electron chi connectivity index (χ0n) is 21.1. The number of hydrogen-bond donors (Lipinski definition) is 0.